The molecule has 0 fully saturated rings. The third kappa shape index (κ3) is 3.10. The lowest BCUT2D eigenvalue weighted by Crippen LogP contribution is -1.94. The summed E-state index contributed by atoms with van der Waals surface area (Å²) < 4.78 is 5.81. The highest BCUT2D eigenvalue weighted by Crippen LogP contribution is 2.24. The second-order valence-corrected chi connectivity index (χ2v) is 5.01. The Bertz CT molecular complexity index is 528. The molecule has 0 unspecified atom stereocenters. The van der Waals surface area contributed by atoms with Crippen molar-refractivity contribution in [1.82, 2.24) is 4.98 Å². The third-order valence-electron chi connectivity index (χ3n) is 2.80. The van der Waals surface area contributed by atoms with Gasteiger partial charge in [-0.15, -0.1) is 0 Å². The van der Waals surface area contributed by atoms with Gasteiger partial charge in [0.25, 0.3) is 0 Å². The Morgan fingerprint density at radius 1 is 1.39 bits per heavy atom. The summed E-state index contributed by atoms with van der Waals surface area (Å²) in [5, 5.41) is 0.869. The van der Waals surface area contributed by atoms with Crippen LogP contribution in [0.4, 0.5) is 0 Å². The first-order valence-electron chi connectivity index (χ1n) is 5.97. The number of furan rings is 1. The van der Waals surface area contributed by atoms with Crippen LogP contribution in [0.3, 0.4) is 0 Å². The van der Waals surface area contributed by atoms with Crippen LogP contribution in [0.2, 0.25) is 0 Å². The van der Waals surface area contributed by atoms with Crippen molar-refractivity contribution in [2.75, 3.05) is 5.33 Å². The van der Waals surface area contributed by atoms with Gasteiger partial charge in [0.05, 0.1) is 0 Å². The SMILES string of the molecule is CC(C)C(=Cc1ccc(-c2cccnc2)o1)CBr. The van der Waals surface area contributed by atoms with Gasteiger partial charge in [-0.3, -0.25) is 4.98 Å². The summed E-state index contributed by atoms with van der Waals surface area (Å²) in [7, 11) is 0. The Morgan fingerprint density at radius 3 is 2.83 bits per heavy atom. The first-order valence-corrected chi connectivity index (χ1v) is 7.09. The van der Waals surface area contributed by atoms with E-state index in [2.05, 4.69) is 40.8 Å². The first kappa shape index (κ1) is 13.1. The highest BCUT2D eigenvalue weighted by atomic mass is 79.9. The molecule has 0 aliphatic rings. The van der Waals surface area contributed by atoms with E-state index in [1.54, 1.807) is 12.4 Å². The Morgan fingerprint density at radius 2 is 2.22 bits per heavy atom. The smallest absolute Gasteiger partial charge is 0.136 e. The zero-order valence-corrected chi connectivity index (χ0v) is 12.1. The van der Waals surface area contributed by atoms with Crippen molar-refractivity contribution in [3.05, 3.63) is 48.0 Å². The van der Waals surface area contributed by atoms with Crippen molar-refractivity contribution in [1.29, 1.82) is 0 Å². The van der Waals surface area contributed by atoms with E-state index >= 15 is 0 Å². The lowest BCUT2D eigenvalue weighted by Gasteiger charge is -2.06. The predicted octanol–water partition coefficient (Wildman–Crippen LogP) is 4.78. The Kier molecular flexibility index (Phi) is 4.37. The molecule has 94 valence electrons. The average molecular weight is 306 g/mol. The predicted molar refractivity (Wildman–Crippen MR) is 78.5 cm³/mol. The summed E-state index contributed by atoms with van der Waals surface area (Å²) >= 11 is 3.51. The molecule has 0 amide bonds. The van der Waals surface area contributed by atoms with E-state index < -0.39 is 0 Å². The molecule has 2 rings (SSSR count). The molecule has 0 saturated carbocycles. The maximum Gasteiger partial charge on any atom is 0.136 e. The van der Waals surface area contributed by atoms with Crippen LogP contribution in [0.5, 0.6) is 0 Å². The van der Waals surface area contributed by atoms with Crippen LogP contribution in [0.25, 0.3) is 17.4 Å². The third-order valence-corrected chi connectivity index (χ3v) is 3.44. The van der Waals surface area contributed by atoms with Gasteiger partial charge in [-0.25, -0.2) is 0 Å². The fraction of sp³-hybridized carbons (Fsp3) is 0.267. The van der Waals surface area contributed by atoms with E-state index in [4.69, 9.17) is 4.42 Å². The Hall–Kier alpha value is -1.35. The lowest BCUT2D eigenvalue weighted by atomic mass is 10.0. The molecule has 0 atom stereocenters. The molecule has 0 radical (unpaired) electrons. The van der Waals surface area contributed by atoms with Crippen molar-refractivity contribution in [3.63, 3.8) is 0 Å². The standard InChI is InChI=1S/C15H16BrNO/c1-11(2)13(9-16)8-14-5-6-15(18-14)12-4-3-7-17-10-12/h3-8,10-11H,9H2,1-2H3. The lowest BCUT2D eigenvalue weighted by molar-refractivity contribution is 0.570. The van der Waals surface area contributed by atoms with Crippen molar-refractivity contribution >= 4 is 22.0 Å². The average Bonchev–Trinajstić information content (AvgIpc) is 2.85. The fourth-order valence-corrected chi connectivity index (χ4v) is 2.45. The van der Waals surface area contributed by atoms with E-state index in [0.29, 0.717) is 5.92 Å². The molecular formula is C15H16BrNO. The maximum absolute atomic E-state index is 5.81. The molecule has 0 N–H and O–H groups in total. The van der Waals surface area contributed by atoms with Gasteiger partial charge in [0, 0.05) is 23.3 Å². The van der Waals surface area contributed by atoms with Gasteiger partial charge < -0.3 is 4.42 Å². The summed E-state index contributed by atoms with van der Waals surface area (Å²) in [4.78, 5) is 4.09. The highest BCUT2D eigenvalue weighted by Gasteiger charge is 2.06. The zero-order chi connectivity index (χ0) is 13.0. The maximum atomic E-state index is 5.81. The fourth-order valence-electron chi connectivity index (χ4n) is 1.64. The molecule has 0 bridgehead atoms. The van der Waals surface area contributed by atoms with Crippen molar-refractivity contribution < 1.29 is 4.42 Å². The number of allylic oxidation sites excluding steroid dienone is 1. The molecule has 0 aliphatic heterocycles. The first-order chi connectivity index (χ1) is 8.70. The van der Waals surface area contributed by atoms with E-state index in [1.807, 2.05) is 24.3 Å². The van der Waals surface area contributed by atoms with Crippen molar-refractivity contribution in [3.8, 4) is 11.3 Å². The summed E-state index contributed by atoms with van der Waals surface area (Å²) in [5.41, 5.74) is 2.32. The summed E-state index contributed by atoms with van der Waals surface area (Å²) in [6.07, 6.45) is 5.66. The van der Waals surface area contributed by atoms with Gasteiger partial charge in [0.2, 0.25) is 0 Å². The number of hydrogen-bond donors (Lipinski definition) is 0. The zero-order valence-electron chi connectivity index (χ0n) is 10.6. The Balaban J connectivity index is 2.26. The largest absolute Gasteiger partial charge is 0.457 e. The molecule has 0 aliphatic carbocycles. The quantitative estimate of drug-likeness (QED) is 0.760. The monoisotopic (exact) mass is 305 g/mol. The minimum atomic E-state index is 0.510. The van der Waals surface area contributed by atoms with E-state index in [1.165, 1.54) is 5.57 Å². The van der Waals surface area contributed by atoms with E-state index in [0.717, 1.165) is 22.4 Å². The molecule has 0 aromatic carbocycles. The normalized spacial score (nSPS) is 12.1. The number of nitrogens with zero attached hydrogens (tertiary/aromatic N) is 1. The van der Waals surface area contributed by atoms with Gasteiger partial charge in [-0.1, -0.05) is 35.4 Å². The summed E-state index contributed by atoms with van der Waals surface area (Å²) in [5.74, 6) is 2.25. The molecule has 0 saturated heterocycles. The van der Waals surface area contributed by atoms with Crippen LogP contribution in [-0.4, -0.2) is 10.3 Å². The number of aromatic nitrogens is 1. The van der Waals surface area contributed by atoms with Crippen LogP contribution in [0, 0.1) is 5.92 Å². The second kappa shape index (κ2) is 6.01. The Labute approximate surface area is 116 Å². The number of hydrogen-bond acceptors (Lipinski definition) is 2. The highest BCUT2D eigenvalue weighted by molar-refractivity contribution is 9.09. The molecule has 2 aromatic rings. The minimum Gasteiger partial charge on any atom is -0.457 e. The molecule has 18 heavy (non-hydrogen) atoms. The van der Waals surface area contributed by atoms with Crippen LogP contribution < -0.4 is 0 Å². The van der Waals surface area contributed by atoms with E-state index in [-0.39, 0.29) is 0 Å². The molecule has 2 nitrogen and oxygen atoms in total. The van der Waals surface area contributed by atoms with Crippen molar-refractivity contribution in [2.24, 2.45) is 5.92 Å². The van der Waals surface area contributed by atoms with Crippen LogP contribution in [-0.2, 0) is 0 Å². The van der Waals surface area contributed by atoms with Crippen LogP contribution in [0.1, 0.15) is 19.6 Å². The number of alkyl halides is 1. The molecule has 2 heterocycles. The molecule has 0 spiro atoms. The topological polar surface area (TPSA) is 26.0 Å². The summed E-state index contributed by atoms with van der Waals surface area (Å²) in [6.45, 7) is 4.36. The molecule has 3 heteroatoms. The van der Waals surface area contributed by atoms with E-state index in [9.17, 15) is 0 Å². The van der Waals surface area contributed by atoms with Gasteiger partial charge in [0.1, 0.15) is 11.5 Å². The van der Waals surface area contributed by atoms with Crippen LogP contribution in [0.15, 0.2) is 46.6 Å². The number of pyridine rings is 1. The number of halogens is 1. The molecular weight excluding hydrogens is 290 g/mol. The minimum absolute atomic E-state index is 0.510. The van der Waals surface area contributed by atoms with Crippen LogP contribution >= 0.6 is 15.9 Å². The van der Waals surface area contributed by atoms with Gasteiger partial charge in [-0.2, -0.15) is 0 Å². The molecule has 2 aromatic heterocycles. The second-order valence-electron chi connectivity index (χ2n) is 4.45. The van der Waals surface area contributed by atoms with Gasteiger partial charge >= 0.3 is 0 Å². The summed E-state index contributed by atoms with van der Waals surface area (Å²) in [6, 6.07) is 7.88. The van der Waals surface area contributed by atoms with Crippen molar-refractivity contribution in [2.45, 2.75) is 13.8 Å². The van der Waals surface area contributed by atoms with Gasteiger partial charge in [0.15, 0.2) is 0 Å². The van der Waals surface area contributed by atoms with Gasteiger partial charge in [-0.05, 0) is 36.3 Å². The number of rotatable bonds is 4.